The molecule has 0 saturated carbocycles. The van der Waals surface area contributed by atoms with Crippen LogP contribution in [0.15, 0.2) is 41.9 Å². The van der Waals surface area contributed by atoms with E-state index in [9.17, 15) is 0 Å². The molecule has 21 heavy (non-hydrogen) atoms. The number of fused-ring (bicyclic) bond motifs is 1. The molecular formula is C17H17N3S. The Morgan fingerprint density at radius 3 is 2.95 bits per heavy atom. The van der Waals surface area contributed by atoms with Crippen LogP contribution in [0.2, 0.25) is 0 Å². The quantitative estimate of drug-likeness (QED) is 0.730. The Bertz CT molecular complexity index is 792. The highest BCUT2D eigenvalue weighted by Gasteiger charge is 2.03. The molecule has 0 bridgehead atoms. The van der Waals surface area contributed by atoms with Gasteiger partial charge in [0.25, 0.3) is 0 Å². The van der Waals surface area contributed by atoms with Crippen molar-refractivity contribution >= 4 is 22.2 Å². The number of hydrogen-bond acceptors (Lipinski definition) is 3. The molecule has 2 aromatic heterocycles. The molecule has 0 aliphatic carbocycles. The number of aromatic nitrogens is 1. The smallest absolute Gasteiger partial charge is 0.0991 e. The van der Waals surface area contributed by atoms with Gasteiger partial charge in [0.2, 0.25) is 0 Å². The summed E-state index contributed by atoms with van der Waals surface area (Å²) in [6.45, 7) is 4.95. The van der Waals surface area contributed by atoms with Crippen molar-refractivity contribution in [3.8, 4) is 6.07 Å². The minimum atomic E-state index is 0.714. The predicted molar refractivity (Wildman–Crippen MR) is 87.4 cm³/mol. The van der Waals surface area contributed by atoms with Crippen LogP contribution in [0, 0.1) is 18.3 Å². The van der Waals surface area contributed by atoms with Gasteiger partial charge in [-0.1, -0.05) is 0 Å². The van der Waals surface area contributed by atoms with Crippen molar-refractivity contribution in [1.29, 1.82) is 5.26 Å². The Hall–Kier alpha value is -2.09. The summed E-state index contributed by atoms with van der Waals surface area (Å²) in [5.41, 5.74) is 3.26. The molecule has 1 aromatic carbocycles. The first-order chi connectivity index (χ1) is 10.3. The number of rotatable bonds is 5. The summed E-state index contributed by atoms with van der Waals surface area (Å²) in [6, 6.07) is 12.3. The third-order valence-electron chi connectivity index (χ3n) is 3.68. The molecule has 0 aliphatic rings. The Morgan fingerprint density at radius 1 is 1.29 bits per heavy atom. The van der Waals surface area contributed by atoms with Gasteiger partial charge in [0.15, 0.2) is 0 Å². The van der Waals surface area contributed by atoms with E-state index in [0.29, 0.717) is 5.56 Å². The Morgan fingerprint density at radius 2 is 2.19 bits per heavy atom. The molecule has 0 unspecified atom stereocenters. The van der Waals surface area contributed by atoms with Crippen LogP contribution in [0.1, 0.15) is 16.0 Å². The van der Waals surface area contributed by atoms with E-state index in [4.69, 9.17) is 5.26 Å². The van der Waals surface area contributed by atoms with Crippen molar-refractivity contribution in [2.75, 3.05) is 6.54 Å². The summed E-state index contributed by atoms with van der Waals surface area (Å²) in [4.78, 5) is 1.41. The first-order valence-electron chi connectivity index (χ1n) is 7.00. The zero-order valence-corrected chi connectivity index (χ0v) is 12.8. The van der Waals surface area contributed by atoms with Crippen LogP contribution in [0.3, 0.4) is 0 Å². The fraction of sp³-hybridized carbons (Fsp3) is 0.235. The summed E-state index contributed by atoms with van der Waals surface area (Å²) in [7, 11) is 0. The average molecular weight is 295 g/mol. The number of benzene rings is 1. The summed E-state index contributed by atoms with van der Waals surface area (Å²) in [6.07, 6.45) is 2.09. The highest BCUT2D eigenvalue weighted by Crippen LogP contribution is 2.17. The zero-order valence-electron chi connectivity index (χ0n) is 12.0. The van der Waals surface area contributed by atoms with Crippen molar-refractivity contribution in [2.45, 2.75) is 20.0 Å². The fourth-order valence-electron chi connectivity index (χ4n) is 2.45. The lowest BCUT2D eigenvalue weighted by molar-refractivity contribution is 0.612. The van der Waals surface area contributed by atoms with Gasteiger partial charge >= 0.3 is 0 Å². The van der Waals surface area contributed by atoms with Gasteiger partial charge in [-0.15, -0.1) is 11.3 Å². The molecule has 0 aliphatic heterocycles. The standard InChI is InChI=1S/C17H17N3S/c1-13-5-9-21-17(13)12-19-6-8-20-7-4-15-10-14(11-18)2-3-16(15)20/h2-5,7,9-10,19H,6,8,12H2,1H3. The molecule has 3 rings (SSSR count). The van der Waals surface area contributed by atoms with Crippen LogP contribution in [0.25, 0.3) is 10.9 Å². The van der Waals surface area contributed by atoms with Gasteiger partial charge < -0.3 is 9.88 Å². The number of hydrogen-bond donors (Lipinski definition) is 1. The maximum Gasteiger partial charge on any atom is 0.0991 e. The molecule has 0 radical (unpaired) electrons. The molecular weight excluding hydrogens is 278 g/mol. The Kier molecular flexibility index (Phi) is 4.05. The van der Waals surface area contributed by atoms with Gasteiger partial charge in [-0.05, 0) is 48.2 Å². The fourth-order valence-corrected chi connectivity index (χ4v) is 3.33. The highest BCUT2D eigenvalue weighted by atomic mass is 32.1. The first kappa shape index (κ1) is 13.9. The van der Waals surface area contributed by atoms with Crippen molar-refractivity contribution < 1.29 is 0 Å². The van der Waals surface area contributed by atoms with Crippen molar-refractivity contribution in [2.24, 2.45) is 0 Å². The van der Waals surface area contributed by atoms with E-state index in [1.165, 1.54) is 16.0 Å². The highest BCUT2D eigenvalue weighted by molar-refractivity contribution is 7.10. The Balaban J connectivity index is 1.61. The predicted octanol–water partition coefficient (Wildman–Crippen LogP) is 3.67. The molecule has 0 atom stereocenters. The second kappa shape index (κ2) is 6.13. The van der Waals surface area contributed by atoms with Gasteiger partial charge in [-0.25, -0.2) is 0 Å². The Labute approximate surface area is 128 Å². The second-order valence-corrected chi connectivity index (χ2v) is 6.10. The SMILES string of the molecule is Cc1ccsc1CNCCn1ccc2cc(C#N)ccc21. The third-order valence-corrected chi connectivity index (χ3v) is 4.71. The molecule has 106 valence electrons. The van der Waals surface area contributed by atoms with Gasteiger partial charge in [0.1, 0.15) is 0 Å². The van der Waals surface area contributed by atoms with Gasteiger partial charge in [-0.2, -0.15) is 5.26 Å². The maximum atomic E-state index is 8.92. The van der Waals surface area contributed by atoms with Gasteiger partial charge in [0, 0.05) is 41.6 Å². The summed E-state index contributed by atoms with van der Waals surface area (Å²) < 4.78 is 2.23. The van der Waals surface area contributed by atoms with E-state index in [1.54, 1.807) is 11.3 Å². The van der Waals surface area contributed by atoms with E-state index in [0.717, 1.165) is 25.0 Å². The summed E-state index contributed by atoms with van der Waals surface area (Å²) >= 11 is 1.80. The second-order valence-electron chi connectivity index (χ2n) is 5.10. The van der Waals surface area contributed by atoms with E-state index in [2.05, 4.69) is 46.6 Å². The van der Waals surface area contributed by atoms with Crippen LogP contribution in [0.5, 0.6) is 0 Å². The van der Waals surface area contributed by atoms with E-state index < -0.39 is 0 Å². The number of thiophene rings is 1. The molecule has 0 fully saturated rings. The van der Waals surface area contributed by atoms with Gasteiger partial charge in [-0.3, -0.25) is 0 Å². The molecule has 3 aromatic rings. The van der Waals surface area contributed by atoms with Gasteiger partial charge in [0.05, 0.1) is 11.6 Å². The zero-order chi connectivity index (χ0) is 14.7. The van der Waals surface area contributed by atoms with Crippen LogP contribution < -0.4 is 5.32 Å². The monoisotopic (exact) mass is 295 g/mol. The largest absolute Gasteiger partial charge is 0.346 e. The van der Waals surface area contributed by atoms with E-state index >= 15 is 0 Å². The molecule has 2 heterocycles. The average Bonchev–Trinajstić information content (AvgIpc) is 3.09. The lowest BCUT2D eigenvalue weighted by atomic mass is 10.2. The minimum absolute atomic E-state index is 0.714. The van der Waals surface area contributed by atoms with Crippen LogP contribution in [-0.2, 0) is 13.1 Å². The third kappa shape index (κ3) is 2.99. The number of nitrogens with zero attached hydrogens (tertiary/aromatic N) is 2. The van der Waals surface area contributed by atoms with Crippen molar-refractivity contribution in [3.05, 3.63) is 57.9 Å². The number of nitriles is 1. The molecule has 0 amide bonds. The van der Waals surface area contributed by atoms with Crippen LogP contribution >= 0.6 is 11.3 Å². The minimum Gasteiger partial charge on any atom is -0.346 e. The van der Waals surface area contributed by atoms with Crippen molar-refractivity contribution in [1.82, 2.24) is 9.88 Å². The number of aryl methyl sites for hydroxylation is 1. The van der Waals surface area contributed by atoms with Crippen LogP contribution in [-0.4, -0.2) is 11.1 Å². The van der Waals surface area contributed by atoms with E-state index in [-0.39, 0.29) is 0 Å². The molecule has 4 heteroatoms. The lowest BCUT2D eigenvalue weighted by Gasteiger charge is -2.07. The van der Waals surface area contributed by atoms with Crippen molar-refractivity contribution in [3.63, 3.8) is 0 Å². The molecule has 3 nitrogen and oxygen atoms in total. The normalized spacial score (nSPS) is 10.9. The van der Waals surface area contributed by atoms with E-state index in [1.807, 2.05) is 18.2 Å². The molecule has 1 N–H and O–H groups in total. The molecule has 0 spiro atoms. The topological polar surface area (TPSA) is 40.8 Å². The van der Waals surface area contributed by atoms with Crippen LogP contribution in [0.4, 0.5) is 0 Å². The first-order valence-corrected chi connectivity index (χ1v) is 7.88. The lowest BCUT2D eigenvalue weighted by Crippen LogP contribution is -2.19. The summed E-state index contributed by atoms with van der Waals surface area (Å²) in [5.74, 6) is 0. The summed E-state index contributed by atoms with van der Waals surface area (Å²) in [5, 5.41) is 15.7. The number of nitrogens with one attached hydrogen (secondary N) is 1. The molecule has 0 saturated heterocycles. The maximum absolute atomic E-state index is 8.92.